The molecule has 1 nitrogen and oxygen atoms in total. The van der Waals surface area contributed by atoms with Crippen molar-refractivity contribution >= 4 is 5.69 Å². The molecule has 0 spiro atoms. The molecule has 0 aliphatic heterocycles. The van der Waals surface area contributed by atoms with Crippen LogP contribution in [0.25, 0.3) is 0 Å². The minimum absolute atomic E-state index is 0.169. The third-order valence-electron chi connectivity index (χ3n) is 3.08. The highest BCUT2D eigenvalue weighted by Crippen LogP contribution is 2.24. The minimum atomic E-state index is -1.25. The SMILES string of the molecule is Cc1ccc(C(C)Nc2cc(F)c(F)cc2F)cc1F. The van der Waals surface area contributed by atoms with Crippen LogP contribution in [-0.2, 0) is 0 Å². The zero-order valence-electron chi connectivity index (χ0n) is 11.0. The highest BCUT2D eigenvalue weighted by molar-refractivity contribution is 5.47. The Morgan fingerprint density at radius 3 is 2.15 bits per heavy atom. The zero-order chi connectivity index (χ0) is 14.9. The second-order valence-electron chi connectivity index (χ2n) is 4.62. The number of halogens is 4. The maximum absolute atomic E-state index is 13.5. The van der Waals surface area contributed by atoms with Gasteiger partial charge in [0.15, 0.2) is 11.6 Å². The fraction of sp³-hybridized carbons (Fsp3) is 0.200. The van der Waals surface area contributed by atoms with Crippen LogP contribution in [0.5, 0.6) is 0 Å². The van der Waals surface area contributed by atoms with E-state index in [1.807, 2.05) is 0 Å². The molecule has 0 amide bonds. The molecule has 1 atom stereocenters. The first-order valence-corrected chi connectivity index (χ1v) is 6.05. The predicted octanol–water partition coefficient (Wildman–Crippen LogP) is 4.72. The van der Waals surface area contributed by atoms with Crippen molar-refractivity contribution in [3.05, 3.63) is 64.7 Å². The standard InChI is InChI=1S/C15H13F4N/c1-8-3-4-10(5-11(8)16)9(2)20-15-7-13(18)12(17)6-14(15)19/h3-7,9,20H,1-2H3. The molecule has 1 N–H and O–H groups in total. The van der Waals surface area contributed by atoms with Crippen LogP contribution >= 0.6 is 0 Å². The Morgan fingerprint density at radius 2 is 1.50 bits per heavy atom. The van der Waals surface area contributed by atoms with Crippen molar-refractivity contribution in [3.63, 3.8) is 0 Å². The monoisotopic (exact) mass is 283 g/mol. The van der Waals surface area contributed by atoms with Crippen molar-refractivity contribution in [2.24, 2.45) is 0 Å². The van der Waals surface area contributed by atoms with Crippen molar-refractivity contribution in [1.29, 1.82) is 0 Å². The van der Waals surface area contributed by atoms with E-state index in [-0.39, 0.29) is 11.5 Å². The summed E-state index contributed by atoms with van der Waals surface area (Å²) in [7, 11) is 0. The van der Waals surface area contributed by atoms with Crippen LogP contribution in [-0.4, -0.2) is 0 Å². The summed E-state index contributed by atoms with van der Waals surface area (Å²) in [4.78, 5) is 0. The molecular formula is C15H13F4N. The summed E-state index contributed by atoms with van der Waals surface area (Å²) < 4.78 is 52.9. The van der Waals surface area contributed by atoms with E-state index in [9.17, 15) is 17.6 Å². The van der Waals surface area contributed by atoms with Gasteiger partial charge in [-0.1, -0.05) is 12.1 Å². The van der Waals surface area contributed by atoms with Gasteiger partial charge in [0.05, 0.1) is 5.69 Å². The largest absolute Gasteiger partial charge is 0.376 e. The van der Waals surface area contributed by atoms with E-state index in [0.717, 1.165) is 6.07 Å². The molecular weight excluding hydrogens is 270 g/mol. The fourth-order valence-electron chi connectivity index (χ4n) is 1.83. The molecule has 1 unspecified atom stereocenters. The molecule has 0 radical (unpaired) electrons. The highest BCUT2D eigenvalue weighted by atomic mass is 19.2. The molecule has 0 aromatic heterocycles. The summed E-state index contributed by atoms with van der Waals surface area (Å²) in [5.74, 6) is -3.66. The lowest BCUT2D eigenvalue weighted by atomic mass is 10.1. The summed E-state index contributed by atoms with van der Waals surface area (Å²) in [5, 5.41) is 2.69. The van der Waals surface area contributed by atoms with Crippen LogP contribution in [0.3, 0.4) is 0 Å². The van der Waals surface area contributed by atoms with Crippen molar-refractivity contribution < 1.29 is 17.6 Å². The second kappa shape index (κ2) is 5.53. The minimum Gasteiger partial charge on any atom is -0.376 e. The van der Waals surface area contributed by atoms with Crippen LogP contribution in [0.2, 0.25) is 0 Å². The molecule has 2 aromatic rings. The Kier molecular flexibility index (Phi) is 3.97. The summed E-state index contributed by atoms with van der Waals surface area (Å²) in [5.41, 5.74) is 0.912. The Balaban J connectivity index is 2.25. The van der Waals surface area contributed by atoms with Gasteiger partial charge in [-0.2, -0.15) is 0 Å². The summed E-state index contributed by atoms with van der Waals surface area (Å²) in [6, 6.07) is 5.37. The Hall–Kier alpha value is -2.04. The number of nitrogens with one attached hydrogen (secondary N) is 1. The van der Waals surface area contributed by atoms with Gasteiger partial charge in [0.25, 0.3) is 0 Å². The van der Waals surface area contributed by atoms with E-state index in [0.29, 0.717) is 17.2 Å². The lowest BCUT2D eigenvalue weighted by Gasteiger charge is -2.17. The van der Waals surface area contributed by atoms with E-state index in [4.69, 9.17) is 0 Å². The third-order valence-corrected chi connectivity index (χ3v) is 3.08. The van der Waals surface area contributed by atoms with E-state index in [1.165, 1.54) is 6.07 Å². The first kappa shape index (κ1) is 14.4. The van der Waals surface area contributed by atoms with E-state index in [1.54, 1.807) is 26.0 Å². The molecule has 20 heavy (non-hydrogen) atoms. The molecule has 2 aromatic carbocycles. The summed E-state index contributed by atoms with van der Waals surface area (Å²) in [6.07, 6.45) is 0. The van der Waals surface area contributed by atoms with Crippen LogP contribution in [0.4, 0.5) is 23.2 Å². The molecule has 0 saturated carbocycles. The van der Waals surface area contributed by atoms with Gasteiger partial charge in [-0.25, -0.2) is 17.6 Å². The Bertz CT molecular complexity index is 640. The lowest BCUT2D eigenvalue weighted by molar-refractivity contribution is 0.495. The van der Waals surface area contributed by atoms with Gasteiger partial charge in [-0.15, -0.1) is 0 Å². The molecule has 0 bridgehead atoms. The van der Waals surface area contributed by atoms with Gasteiger partial charge in [0.1, 0.15) is 11.6 Å². The van der Waals surface area contributed by atoms with E-state index in [2.05, 4.69) is 5.32 Å². The Morgan fingerprint density at radius 1 is 0.850 bits per heavy atom. The second-order valence-corrected chi connectivity index (χ2v) is 4.62. The van der Waals surface area contributed by atoms with Crippen LogP contribution in [0.1, 0.15) is 24.1 Å². The number of hydrogen-bond donors (Lipinski definition) is 1. The van der Waals surface area contributed by atoms with Gasteiger partial charge in [-0.05, 0) is 31.0 Å². The highest BCUT2D eigenvalue weighted by Gasteiger charge is 2.13. The van der Waals surface area contributed by atoms with E-state index >= 15 is 0 Å². The first-order valence-electron chi connectivity index (χ1n) is 6.05. The van der Waals surface area contributed by atoms with Crippen LogP contribution in [0, 0.1) is 30.2 Å². The van der Waals surface area contributed by atoms with Gasteiger partial charge < -0.3 is 5.32 Å². The number of hydrogen-bond acceptors (Lipinski definition) is 1. The Labute approximate surface area is 114 Å². The molecule has 2 rings (SSSR count). The zero-order valence-corrected chi connectivity index (χ0v) is 11.0. The maximum atomic E-state index is 13.5. The number of rotatable bonds is 3. The quantitative estimate of drug-likeness (QED) is 0.634. The topological polar surface area (TPSA) is 12.0 Å². The van der Waals surface area contributed by atoms with Gasteiger partial charge in [0.2, 0.25) is 0 Å². The molecule has 0 aliphatic rings. The maximum Gasteiger partial charge on any atom is 0.161 e. The first-order chi connectivity index (χ1) is 9.38. The number of aryl methyl sites for hydroxylation is 1. The normalized spacial score (nSPS) is 12.3. The van der Waals surface area contributed by atoms with Crippen molar-refractivity contribution in [2.45, 2.75) is 19.9 Å². The average molecular weight is 283 g/mol. The molecule has 5 heteroatoms. The molecule has 0 heterocycles. The summed E-state index contributed by atoms with van der Waals surface area (Å²) in [6.45, 7) is 3.30. The van der Waals surface area contributed by atoms with Crippen molar-refractivity contribution in [2.75, 3.05) is 5.32 Å². The van der Waals surface area contributed by atoms with Crippen molar-refractivity contribution in [1.82, 2.24) is 0 Å². The van der Waals surface area contributed by atoms with E-state index < -0.39 is 23.5 Å². The molecule has 106 valence electrons. The van der Waals surface area contributed by atoms with Crippen molar-refractivity contribution in [3.8, 4) is 0 Å². The van der Waals surface area contributed by atoms with Crippen LogP contribution < -0.4 is 5.32 Å². The smallest absolute Gasteiger partial charge is 0.161 e. The molecule has 0 saturated heterocycles. The fourth-order valence-corrected chi connectivity index (χ4v) is 1.83. The van der Waals surface area contributed by atoms with Crippen LogP contribution in [0.15, 0.2) is 30.3 Å². The predicted molar refractivity (Wildman–Crippen MR) is 69.5 cm³/mol. The van der Waals surface area contributed by atoms with Gasteiger partial charge in [0, 0.05) is 18.2 Å². The lowest BCUT2D eigenvalue weighted by Crippen LogP contribution is -2.09. The van der Waals surface area contributed by atoms with Gasteiger partial charge in [-0.3, -0.25) is 0 Å². The number of anilines is 1. The molecule has 0 fully saturated rings. The average Bonchev–Trinajstić information content (AvgIpc) is 2.39. The third kappa shape index (κ3) is 2.92. The number of benzene rings is 2. The summed E-state index contributed by atoms with van der Waals surface area (Å²) >= 11 is 0. The van der Waals surface area contributed by atoms with Gasteiger partial charge >= 0.3 is 0 Å². The molecule has 0 aliphatic carbocycles.